The molecule has 0 aliphatic heterocycles. The van der Waals surface area contributed by atoms with Crippen molar-refractivity contribution in [2.75, 3.05) is 17.7 Å². The minimum Gasteiger partial charge on any atom is -0.462 e. The Kier molecular flexibility index (Phi) is 5.16. The molecule has 0 aliphatic rings. The van der Waals surface area contributed by atoms with Gasteiger partial charge in [-0.2, -0.15) is 0 Å². The van der Waals surface area contributed by atoms with E-state index in [4.69, 9.17) is 10.5 Å². The van der Waals surface area contributed by atoms with Gasteiger partial charge in [0.2, 0.25) is 0 Å². The van der Waals surface area contributed by atoms with Crippen molar-refractivity contribution in [3.63, 3.8) is 0 Å². The largest absolute Gasteiger partial charge is 0.462 e. The number of thiophene rings is 1. The summed E-state index contributed by atoms with van der Waals surface area (Å²) in [5, 5.41) is 3.20. The number of ether oxygens (including phenoxy) is 1. The van der Waals surface area contributed by atoms with Crippen LogP contribution in [0.3, 0.4) is 0 Å². The number of carbonyl (C=O) groups is 1. The van der Waals surface area contributed by atoms with Gasteiger partial charge in [-0.15, -0.1) is 11.3 Å². The lowest BCUT2D eigenvalue weighted by molar-refractivity contribution is 0.0527. The summed E-state index contributed by atoms with van der Waals surface area (Å²) in [6.45, 7) is 4.88. The molecule has 0 saturated heterocycles. The zero-order valence-corrected chi connectivity index (χ0v) is 13.0. The van der Waals surface area contributed by atoms with Crippen LogP contribution in [-0.4, -0.2) is 17.6 Å². The first-order chi connectivity index (χ1) is 10.1. The summed E-state index contributed by atoms with van der Waals surface area (Å²) in [6.07, 6.45) is 2.51. The quantitative estimate of drug-likeness (QED) is 0.802. The highest BCUT2D eigenvalue weighted by Crippen LogP contribution is 2.20. The third kappa shape index (κ3) is 3.95. The average molecular weight is 305 g/mol. The highest BCUT2D eigenvalue weighted by Gasteiger charge is 2.12. The van der Waals surface area contributed by atoms with Gasteiger partial charge < -0.3 is 15.8 Å². The number of hydrogen-bond donors (Lipinski definition) is 2. The maximum Gasteiger partial charge on any atom is 0.340 e. The number of pyridine rings is 1. The van der Waals surface area contributed by atoms with E-state index in [0.717, 1.165) is 6.42 Å². The summed E-state index contributed by atoms with van der Waals surface area (Å²) in [5.41, 5.74) is 6.43. The molecule has 21 heavy (non-hydrogen) atoms. The molecule has 2 rings (SSSR count). The van der Waals surface area contributed by atoms with Crippen LogP contribution in [0.1, 0.15) is 34.0 Å². The maximum atomic E-state index is 11.8. The number of anilines is 2. The summed E-state index contributed by atoms with van der Waals surface area (Å²) in [7, 11) is 0. The molecule has 2 aromatic rings. The van der Waals surface area contributed by atoms with Crippen LogP contribution in [0.4, 0.5) is 11.5 Å². The second-order valence-corrected chi connectivity index (χ2v) is 5.71. The van der Waals surface area contributed by atoms with Crippen molar-refractivity contribution in [1.82, 2.24) is 4.98 Å². The SMILES string of the molecule is CCOC(=O)c1cc(NCc2ccc(CC)s2)ncc1N. The first-order valence-corrected chi connectivity index (χ1v) is 7.69. The predicted molar refractivity (Wildman–Crippen MR) is 85.6 cm³/mol. The molecule has 2 heterocycles. The number of nitrogens with one attached hydrogen (secondary N) is 1. The molecule has 5 nitrogen and oxygen atoms in total. The van der Waals surface area contributed by atoms with Gasteiger partial charge in [-0.25, -0.2) is 9.78 Å². The molecule has 0 aliphatic carbocycles. The van der Waals surface area contributed by atoms with Gasteiger partial charge in [-0.3, -0.25) is 0 Å². The smallest absolute Gasteiger partial charge is 0.340 e. The molecule has 112 valence electrons. The molecule has 0 bridgehead atoms. The number of hydrogen-bond acceptors (Lipinski definition) is 6. The van der Waals surface area contributed by atoms with Crippen molar-refractivity contribution in [3.8, 4) is 0 Å². The fourth-order valence-corrected chi connectivity index (χ4v) is 2.73. The van der Waals surface area contributed by atoms with E-state index in [0.29, 0.717) is 30.2 Å². The van der Waals surface area contributed by atoms with E-state index in [1.54, 1.807) is 24.3 Å². The topological polar surface area (TPSA) is 77.2 Å². The third-order valence-corrected chi connectivity index (χ3v) is 4.17. The lowest BCUT2D eigenvalue weighted by atomic mass is 10.2. The lowest BCUT2D eigenvalue weighted by Crippen LogP contribution is -2.10. The van der Waals surface area contributed by atoms with E-state index >= 15 is 0 Å². The molecule has 0 aromatic carbocycles. The molecule has 6 heteroatoms. The summed E-state index contributed by atoms with van der Waals surface area (Å²) in [6, 6.07) is 5.85. The van der Waals surface area contributed by atoms with Crippen LogP contribution in [0.25, 0.3) is 0 Å². The van der Waals surface area contributed by atoms with E-state index < -0.39 is 5.97 Å². The Hall–Kier alpha value is -2.08. The monoisotopic (exact) mass is 305 g/mol. The highest BCUT2D eigenvalue weighted by atomic mass is 32.1. The third-order valence-electron chi connectivity index (χ3n) is 2.94. The zero-order chi connectivity index (χ0) is 15.2. The molecule has 3 N–H and O–H groups in total. The average Bonchev–Trinajstić information content (AvgIpc) is 2.94. The van der Waals surface area contributed by atoms with Crippen LogP contribution >= 0.6 is 11.3 Å². The Morgan fingerprint density at radius 2 is 2.14 bits per heavy atom. The Bertz CT molecular complexity index is 625. The Morgan fingerprint density at radius 3 is 2.81 bits per heavy atom. The van der Waals surface area contributed by atoms with Gasteiger partial charge in [0.15, 0.2) is 0 Å². The molecule has 0 atom stereocenters. The Morgan fingerprint density at radius 1 is 1.38 bits per heavy atom. The number of nitrogen functional groups attached to an aromatic ring is 1. The minimum atomic E-state index is -0.426. The van der Waals surface area contributed by atoms with Crippen LogP contribution in [-0.2, 0) is 17.7 Å². The van der Waals surface area contributed by atoms with Crippen LogP contribution in [0.5, 0.6) is 0 Å². The number of nitrogens with zero attached hydrogens (tertiary/aromatic N) is 1. The van der Waals surface area contributed by atoms with Crippen LogP contribution in [0.2, 0.25) is 0 Å². The van der Waals surface area contributed by atoms with Crippen LogP contribution in [0, 0.1) is 0 Å². The summed E-state index contributed by atoms with van der Waals surface area (Å²) >= 11 is 1.77. The molecule has 2 aromatic heterocycles. The highest BCUT2D eigenvalue weighted by molar-refractivity contribution is 7.12. The molecule has 0 fully saturated rings. The fourth-order valence-electron chi connectivity index (χ4n) is 1.83. The molecule has 0 amide bonds. The van der Waals surface area contributed by atoms with E-state index in [-0.39, 0.29) is 0 Å². The zero-order valence-electron chi connectivity index (χ0n) is 12.2. The summed E-state index contributed by atoms with van der Waals surface area (Å²) in [5.74, 6) is 0.184. The Labute approximate surface area is 128 Å². The number of carbonyl (C=O) groups excluding carboxylic acids is 1. The van der Waals surface area contributed by atoms with Gasteiger partial charge in [-0.1, -0.05) is 6.92 Å². The van der Waals surface area contributed by atoms with Gasteiger partial charge in [0, 0.05) is 9.75 Å². The second-order valence-electron chi connectivity index (χ2n) is 4.45. The number of nitrogens with two attached hydrogens (primary N) is 1. The molecule has 0 spiro atoms. The maximum absolute atomic E-state index is 11.8. The van der Waals surface area contributed by atoms with Crippen LogP contribution < -0.4 is 11.1 Å². The van der Waals surface area contributed by atoms with Crippen molar-refractivity contribution in [3.05, 3.63) is 39.7 Å². The molecule has 0 radical (unpaired) electrons. The molecular weight excluding hydrogens is 286 g/mol. The van der Waals surface area contributed by atoms with E-state index in [1.807, 2.05) is 0 Å². The number of esters is 1. The standard InChI is InChI=1S/C15H19N3O2S/c1-3-10-5-6-11(21-10)8-17-14-7-12(13(16)9-18-14)15(19)20-4-2/h5-7,9H,3-4,8,16H2,1-2H3,(H,17,18). The molecule has 0 saturated carbocycles. The van der Waals surface area contributed by atoms with Gasteiger partial charge in [0.25, 0.3) is 0 Å². The number of aryl methyl sites for hydroxylation is 1. The van der Waals surface area contributed by atoms with E-state index in [2.05, 4.69) is 29.4 Å². The van der Waals surface area contributed by atoms with Crippen LogP contribution in [0.15, 0.2) is 24.4 Å². The van der Waals surface area contributed by atoms with Crippen molar-refractivity contribution >= 4 is 28.8 Å². The first-order valence-electron chi connectivity index (χ1n) is 6.88. The Balaban J connectivity index is 2.06. The lowest BCUT2D eigenvalue weighted by Gasteiger charge is -2.08. The predicted octanol–water partition coefficient (Wildman–Crippen LogP) is 3.08. The van der Waals surface area contributed by atoms with Crippen molar-refractivity contribution in [1.29, 1.82) is 0 Å². The van der Waals surface area contributed by atoms with Crippen molar-refractivity contribution < 1.29 is 9.53 Å². The van der Waals surface area contributed by atoms with Crippen molar-refractivity contribution in [2.45, 2.75) is 26.8 Å². The molecule has 0 unspecified atom stereocenters. The molecular formula is C15H19N3O2S. The van der Waals surface area contributed by atoms with Gasteiger partial charge in [-0.05, 0) is 31.5 Å². The summed E-state index contributed by atoms with van der Waals surface area (Å²) in [4.78, 5) is 18.5. The van der Waals surface area contributed by atoms with Gasteiger partial charge >= 0.3 is 5.97 Å². The summed E-state index contributed by atoms with van der Waals surface area (Å²) < 4.78 is 4.97. The number of rotatable bonds is 6. The van der Waals surface area contributed by atoms with Gasteiger partial charge in [0.05, 0.1) is 30.6 Å². The number of aromatic nitrogens is 1. The normalized spacial score (nSPS) is 10.4. The van der Waals surface area contributed by atoms with E-state index in [1.165, 1.54) is 16.0 Å². The second kappa shape index (κ2) is 7.08. The fraction of sp³-hybridized carbons (Fsp3) is 0.333. The first kappa shape index (κ1) is 15.3. The minimum absolute atomic E-state index is 0.318. The van der Waals surface area contributed by atoms with Crippen molar-refractivity contribution in [2.24, 2.45) is 0 Å². The van der Waals surface area contributed by atoms with E-state index in [9.17, 15) is 4.79 Å². The van der Waals surface area contributed by atoms with Gasteiger partial charge in [0.1, 0.15) is 5.82 Å².